The van der Waals surface area contributed by atoms with Crippen LogP contribution in [-0.4, -0.2) is 62.9 Å². The lowest BCUT2D eigenvalue weighted by atomic mass is 10.1. The number of ether oxygens (including phenoxy) is 1. The summed E-state index contributed by atoms with van der Waals surface area (Å²) >= 11 is 12.5. The predicted octanol–water partition coefficient (Wildman–Crippen LogP) is 3.42. The fourth-order valence-corrected chi connectivity index (χ4v) is 5.67. The highest BCUT2D eigenvalue weighted by Gasteiger charge is 2.31. The van der Waals surface area contributed by atoms with Crippen LogP contribution < -0.4 is 0 Å². The van der Waals surface area contributed by atoms with Crippen LogP contribution in [0.4, 0.5) is 0 Å². The zero-order valence-electron chi connectivity index (χ0n) is 15.1. The molecule has 0 atom stereocenters. The van der Waals surface area contributed by atoms with Gasteiger partial charge >= 0.3 is 0 Å². The van der Waals surface area contributed by atoms with Crippen molar-refractivity contribution in [1.82, 2.24) is 9.21 Å². The number of benzene rings is 1. The number of likely N-dealkylation sites (tertiary alicyclic amines) is 1. The second-order valence-corrected chi connectivity index (χ2v) is 9.56. The molecule has 2 aliphatic heterocycles. The van der Waals surface area contributed by atoms with Crippen molar-refractivity contribution in [1.29, 1.82) is 0 Å². The summed E-state index contributed by atoms with van der Waals surface area (Å²) in [7, 11) is -3.82. The summed E-state index contributed by atoms with van der Waals surface area (Å²) in [5, 5.41) is 0.198. The van der Waals surface area contributed by atoms with Crippen LogP contribution in [0.3, 0.4) is 0 Å². The second-order valence-electron chi connectivity index (χ2n) is 6.84. The molecule has 3 rings (SSSR count). The average Bonchev–Trinajstić information content (AvgIpc) is 2.61. The Labute approximate surface area is 170 Å². The minimum atomic E-state index is -3.82. The first-order valence-corrected chi connectivity index (χ1v) is 11.5. The third kappa shape index (κ3) is 4.77. The quantitative estimate of drug-likeness (QED) is 0.730. The minimum absolute atomic E-state index is 0.0238. The van der Waals surface area contributed by atoms with Gasteiger partial charge in [-0.1, -0.05) is 42.5 Å². The maximum atomic E-state index is 13.0. The largest absolute Gasteiger partial charge is 0.379 e. The molecule has 1 aromatic rings. The molecule has 0 N–H and O–H groups in total. The topological polar surface area (TPSA) is 66.9 Å². The summed E-state index contributed by atoms with van der Waals surface area (Å²) in [4.78, 5) is 14.7. The smallest absolute Gasteiger partial charge is 0.255 e. The van der Waals surface area contributed by atoms with Gasteiger partial charge in [0.05, 0.1) is 28.8 Å². The Morgan fingerprint density at radius 2 is 1.48 bits per heavy atom. The molecule has 2 fully saturated rings. The number of sulfonamides is 1. The molecule has 1 amide bonds. The summed E-state index contributed by atoms with van der Waals surface area (Å²) in [6, 6.07) is 2.68. The summed E-state index contributed by atoms with van der Waals surface area (Å²) in [5.41, 5.74) is 0.188. The standard InChI is InChI=1S/C18H24Cl2N2O4S/c19-15-13-16(20)17(27(24,25)22-8-10-26-11-9-22)12-14(15)18(23)21-6-4-2-1-3-5-7-21/h12-13H,1-11H2. The van der Waals surface area contributed by atoms with Gasteiger partial charge in [0, 0.05) is 26.2 Å². The molecule has 0 bridgehead atoms. The van der Waals surface area contributed by atoms with Gasteiger partial charge in [0.1, 0.15) is 4.90 Å². The molecular weight excluding hydrogens is 411 g/mol. The summed E-state index contributed by atoms with van der Waals surface area (Å²) in [6.45, 7) is 2.51. The number of carbonyl (C=O) groups excluding carboxylic acids is 1. The van der Waals surface area contributed by atoms with E-state index in [0.717, 1.165) is 25.7 Å². The van der Waals surface area contributed by atoms with Crippen molar-refractivity contribution in [3.8, 4) is 0 Å². The molecule has 9 heteroatoms. The number of rotatable bonds is 3. The Balaban J connectivity index is 1.92. The van der Waals surface area contributed by atoms with Crippen LogP contribution in [0.5, 0.6) is 0 Å². The molecule has 0 saturated carbocycles. The lowest BCUT2D eigenvalue weighted by Crippen LogP contribution is -2.41. The van der Waals surface area contributed by atoms with Crippen LogP contribution in [0, 0.1) is 0 Å². The Bertz CT molecular complexity index is 787. The normalized spacial score (nSPS) is 20.1. The van der Waals surface area contributed by atoms with E-state index in [2.05, 4.69) is 0 Å². The third-order valence-corrected chi connectivity index (χ3v) is 7.66. The van der Waals surface area contributed by atoms with Gasteiger partial charge in [-0.25, -0.2) is 8.42 Å². The number of hydrogen-bond acceptors (Lipinski definition) is 4. The zero-order valence-corrected chi connectivity index (χ0v) is 17.5. The highest BCUT2D eigenvalue weighted by atomic mass is 35.5. The van der Waals surface area contributed by atoms with Crippen molar-refractivity contribution >= 4 is 39.1 Å². The van der Waals surface area contributed by atoms with Gasteiger partial charge in [-0.05, 0) is 25.0 Å². The monoisotopic (exact) mass is 434 g/mol. The van der Waals surface area contributed by atoms with E-state index in [-0.39, 0.29) is 39.5 Å². The summed E-state index contributed by atoms with van der Waals surface area (Å²) in [6.07, 6.45) is 5.25. The maximum absolute atomic E-state index is 13.0. The SMILES string of the molecule is O=C(c1cc(S(=O)(=O)N2CCOCC2)c(Cl)cc1Cl)N1CCCCCCC1. The molecule has 6 nitrogen and oxygen atoms in total. The molecule has 0 unspecified atom stereocenters. The molecule has 27 heavy (non-hydrogen) atoms. The molecular formula is C18H24Cl2N2O4S. The van der Waals surface area contributed by atoms with Crippen LogP contribution in [0.25, 0.3) is 0 Å². The van der Waals surface area contributed by atoms with Crippen molar-refractivity contribution in [3.05, 3.63) is 27.7 Å². The Morgan fingerprint density at radius 1 is 0.889 bits per heavy atom. The van der Waals surface area contributed by atoms with Gasteiger partial charge < -0.3 is 9.64 Å². The fourth-order valence-electron chi connectivity index (χ4n) is 3.44. The molecule has 2 heterocycles. The van der Waals surface area contributed by atoms with E-state index in [1.165, 1.54) is 22.9 Å². The summed E-state index contributed by atoms with van der Waals surface area (Å²) in [5.74, 6) is -0.239. The number of morpholine rings is 1. The number of nitrogens with zero attached hydrogens (tertiary/aromatic N) is 2. The van der Waals surface area contributed by atoms with Crippen LogP contribution in [0.2, 0.25) is 10.0 Å². The molecule has 0 aromatic heterocycles. The maximum Gasteiger partial charge on any atom is 0.255 e. The lowest BCUT2D eigenvalue weighted by molar-refractivity contribution is 0.0729. The zero-order chi connectivity index (χ0) is 19.4. The van der Waals surface area contributed by atoms with E-state index in [1.54, 1.807) is 4.90 Å². The molecule has 0 spiro atoms. The van der Waals surface area contributed by atoms with Crippen LogP contribution >= 0.6 is 23.2 Å². The predicted molar refractivity (Wildman–Crippen MR) is 105 cm³/mol. The average molecular weight is 435 g/mol. The van der Waals surface area contributed by atoms with Gasteiger partial charge in [-0.15, -0.1) is 0 Å². The molecule has 1 aromatic carbocycles. The summed E-state index contributed by atoms with van der Waals surface area (Å²) < 4.78 is 32.5. The van der Waals surface area contributed by atoms with Crippen molar-refractivity contribution < 1.29 is 17.9 Å². The second kappa shape index (κ2) is 9.09. The van der Waals surface area contributed by atoms with Crippen LogP contribution in [-0.2, 0) is 14.8 Å². The van der Waals surface area contributed by atoms with Crippen molar-refractivity contribution in [2.45, 2.75) is 37.0 Å². The Morgan fingerprint density at radius 3 is 2.11 bits per heavy atom. The Hall–Kier alpha value is -0.860. The van der Waals surface area contributed by atoms with Crippen LogP contribution in [0.15, 0.2) is 17.0 Å². The fraction of sp³-hybridized carbons (Fsp3) is 0.611. The van der Waals surface area contributed by atoms with Gasteiger partial charge in [0.2, 0.25) is 10.0 Å². The molecule has 0 radical (unpaired) electrons. The van der Waals surface area contributed by atoms with E-state index in [9.17, 15) is 13.2 Å². The van der Waals surface area contributed by atoms with Gasteiger partial charge in [-0.2, -0.15) is 4.31 Å². The number of halogens is 2. The first-order valence-electron chi connectivity index (χ1n) is 9.27. The van der Waals surface area contributed by atoms with Crippen molar-refractivity contribution in [2.24, 2.45) is 0 Å². The lowest BCUT2D eigenvalue weighted by Gasteiger charge is -2.27. The van der Waals surface area contributed by atoms with E-state index < -0.39 is 10.0 Å². The Kier molecular flexibility index (Phi) is 7.03. The van der Waals surface area contributed by atoms with Crippen molar-refractivity contribution in [3.63, 3.8) is 0 Å². The van der Waals surface area contributed by atoms with E-state index in [4.69, 9.17) is 27.9 Å². The first kappa shape index (κ1) is 20.9. The minimum Gasteiger partial charge on any atom is -0.379 e. The highest BCUT2D eigenvalue weighted by Crippen LogP contribution is 2.32. The molecule has 2 saturated heterocycles. The first-order chi connectivity index (χ1) is 12.9. The van der Waals surface area contributed by atoms with Crippen molar-refractivity contribution in [2.75, 3.05) is 39.4 Å². The number of carbonyl (C=O) groups is 1. The van der Waals surface area contributed by atoms with Crippen LogP contribution in [0.1, 0.15) is 42.5 Å². The molecule has 150 valence electrons. The van der Waals surface area contributed by atoms with Gasteiger partial charge in [0.25, 0.3) is 5.91 Å². The molecule has 2 aliphatic rings. The number of amides is 1. The van der Waals surface area contributed by atoms with E-state index >= 15 is 0 Å². The third-order valence-electron chi connectivity index (χ3n) is 4.98. The molecule has 0 aliphatic carbocycles. The van der Waals surface area contributed by atoms with Gasteiger partial charge in [-0.3, -0.25) is 4.79 Å². The van der Waals surface area contributed by atoms with E-state index in [1.807, 2.05) is 0 Å². The van der Waals surface area contributed by atoms with E-state index in [0.29, 0.717) is 26.3 Å². The number of hydrogen-bond donors (Lipinski definition) is 0. The highest BCUT2D eigenvalue weighted by molar-refractivity contribution is 7.89. The van der Waals surface area contributed by atoms with Gasteiger partial charge in [0.15, 0.2) is 0 Å².